The third-order valence-corrected chi connectivity index (χ3v) is 4.28. The highest BCUT2D eigenvalue weighted by Gasteiger charge is 2.24. The smallest absolute Gasteiger partial charge is 0.0398 e. The summed E-state index contributed by atoms with van der Waals surface area (Å²) in [5.41, 5.74) is 4.25. The molecule has 112 valence electrons. The molecule has 0 aromatic heterocycles. The van der Waals surface area contributed by atoms with Crippen LogP contribution in [0.15, 0.2) is 18.2 Å². The molecule has 2 nitrogen and oxygen atoms in total. The summed E-state index contributed by atoms with van der Waals surface area (Å²) in [6.07, 6.45) is 5.53. The highest BCUT2D eigenvalue weighted by Crippen LogP contribution is 2.31. The number of benzene rings is 1. The SMILES string of the molecule is CNCc1ccc(N(CC(C)C)C2CCCC2)c(C)c1. The molecular formula is C18H30N2. The fourth-order valence-electron chi connectivity index (χ4n) is 3.41. The van der Waals surface area contributed by atoms with Crippen molar-refractivity contribution < 1.29 is 0 Å². The first-order chi connectivity index (χ1) is 9.61. The molecule has 0 heterocycles. The molecule has 1 N–H and O–H groups in total. The van der Waals surface area contributed by atoms with Crippen LogP contribution in [-0.2, 0) is 6.54 Å². The molecule has 0 radical (unpaired) electrons. The molecule has 1 fully saturated rings. The Morgan fingerprint density at radius 1 is 1.25 bits per heavy atom. The lowest BCUT2D eigenvalue weighted by atomic mass is 10.0. The van der Waals surface area contributed by atoms with Gasteiger partial charge in [-0.2, -0.15) is 0 Å². The van der Waals surface area contributed by atoms with E-state index in [2.05, 4.69) is 49.2 Å². The fourth-order valence-corrected chi connectivity index (χ4v) is 3.41. The van der Waals surface area contributed by atoms with Gasteiger partial charge in [0.05, 0.1) is 0 Å². The van der Waals surface area contributed by atoms with E-state index >= 15 is 0 Å². The van der Waals surface area contributed by atoms with Gasteiger partial charge < -0.3 is 10.2 Å². The normalized spacial score (nSPS) is 16.1. The quantitative estimate of drug-likeness (QED) is 0.839. The molecule has 0 saturated heterocycles. The van der Waals surface area contributed by atoms with Crippen molar-refractivity contribution in [2.24, 2.45) is 5.92 Å². The lowest BCUT2D eigenvalue weighted by Crippen LogP contribution is -2.36. The number of anilines is 1. The minimum Gasteiger partial charge on any atom is -0.368 e. The van der Waals surface area contributed by atoms with Crippen LogP contribution in [-0.4, -0.2) is 19.6 Å². The summed E-state index contributed by atoms with van der Waals surface area (Å²) in [4.78, 5) is 2.68. The highest BCUT2D eigenvalue weighted by atomic mass is 15.2. The monoisotopic (exact) mass is 274 g/mol. The Kier molecular flexibility index (Phi) is 5.47. The molecule has 1 aromatic carbocycles. The third-order valence-electron chi connectivity index (χ3n) is 4.28. The van der Waals surface area contributed by atoms with Gasteiger partial charge in [0.2, 0.25) is 0 Å². The van der Waals surface area contributed by atoms with Gasteiger partial charge in [0, 0.05) is 24.8 Å². The number of nitrogens with zero attached hydrogens (tertiary/aromatic N) is 1. The Hall–Kier alpha value is -1.02. The summed E-state index contributed by atoms with van der Waals surface area (Å²) in [7, 11) is 2.01. The van der Waals surface area contributed by atoms with Gasteiger partial charge >= 0.3 is 0 Å². The van der Waals surface area contributed by atoms with E-state index in [-0.39, 0.29) is 0 Å². The van der Waals surface area contributed by atoms with Crippen molar-refractivity contribution in [2.75, 3.05) is 18.5 Å². The number of hydrogen-bond donors (Lipinski definition) is 1. The average molecular weight is 274 g/mol. The van der Waals surface area contributed by atoms with Gasteiger partial charge in [-0.25, -0.2) is 0 Å². The molecule has 1 aliphatic rings. The van der Waals surface area contributed by atoms with Gasteiger partial charge in [-0.05, 0) is 49.9 Å². The summed E-state index contributed by atoms with van der Waals surface area (Å²) < 4.78 is 0. The van der Waals surface area contributed by atoms with Crippen molar-refractivity contribution in [3.05, 3.63) is 29.3 Å². The van der Waals surface area contributed by atoms with Gasteiger partial charge in [-0.1, -0.05) is 38.8 Å². The van der Waals surface area contributed by atoms with E-state index in [0.717, 1.165) is 12.6 Å². The zero-order valence-electron chi connectivity index (χ0n) is 13.6. The summed E-state index contributed by atoms with van der Waals surface area (Å²) in [5, 5.41) is 3.23. The van der Waals surface area contributed by atoms with E-state index in [9.17, 15) is 0 Å². The van der Waals surface area contributed by atoms with Crippen molar-refractivity contribution >= 4 is 5.69 Å². The van der Waals surface area contributed by atoms with Gasteiger partial charge in [0.25, 0.3) is 0 Å². The second-order valence-electron chi connectivity index (χ2n) is 6.64. The Morgan fingerprint density at radius 2 is 1.95 bits per heavy atom. The Labute approximate surface area is 124 Å². The molecular weight excluding hydrogens is 244 g/mol. The van der Waals surface area contributed by atoms with Crippen LogP contribution in [0, 0.1) is 12.8 Å². The molecule has 2 rings (SSSR count). The van der Waals surface area contributed by atoms with Gasteiger partial charge in [-0.3, -0.25) is 0 Å². The minimum absolute atomic E-state index is 0.715. The molecule has 0 atom stereocenters. The fraction of sp³-hybridized carbons (Fsp3) is 0.667. The first-order valence-corrected chi connectivity index (χ1v) is 8.12. The van der Waals surface area contributed by atoms with Crippen molar-refractivity contribution in [1.82, 2.24) is 5.32 Å². The summed E-state index contributed by atoms with van der Waals surface area (Å²) in [6, 6.07) is 7.71. The average Bonchev–Trinajstić information content (AvgIpc) is 2.90. The van der Waals surface area contributed by atoms with Crippen LogP contribution < -0.4 is 10.2 Å². The molecule has 20 heavy (non-hydrogen) atoms. The molecule has 0 unspecified atom stereocenters. The standard InChI is InChI=1S/C18H30N2/c1-14(2)13-20(17-7-5-6-8-17)18-10-9-16(12-19-4)11-15(18)3/h9-11,14,17,19H,5-8,12-13H2,1-4H3. The van der Waals surface area contributed by atoms with E-state index in [4.69, 9.17) is 0 Å². The predicted molar refractivity (Wildman–Crippen MR) is 88.4 cm³/mol. The third kappa shape index (κ3) is 3.76. The van der Waals surface area contributed by atoms with Crippen LogP contribution in [0.5, 0.6) is 0 Å². The highest BCUT2D eigenvalue weighted by molar-refractivity contribution is 5.55. The first-order valence-electron chi connectivity index (χ1n) is 8.12. The molecule has 0 bridgehead atoms. The Morgan fingerprint density at radius 3 is 2.50 bits per heavy atom. The summed E-state index contributed by atoms with van der Waals surface area (Å²) in [5.74, 6) is 0.715. The van der Waals surface area contributed by atoms with Crippen LogP contribution >= 0.6 is 0 Å². The maximum Gasteiger partial charge on any atom is 0.0398 e. The first kappa shape index (κ1) is 15.4. The van der Waals surface area contributed by atoms with Crippen molar-refractivity contribution in [3.63, 3.8) is 0 Å². The van der Waals surface area contributed by atoms with Crippen molar-refractivity contribution in [1.29, 1.82) is 0 Å². The molecule has 1 saturated carbocycles. The van der Waals surface area contributed by atoms with E-state index in [1.54, 1.807) is 0 Å². The maximum atomic E-state index is 3.23. The minimum atomic E-state index is 0.715. The van der Waals surface area contributed by atoms with Gasteiger partial charge in [-0.15, -0.1) is 0 Å². The van der Waals surface area contributed by atoms with Gasteiger partial charge in [0.1, 0.15) is 0 Å². The maximum absolute atomic E-state index is 3.23. The van der Waals surface area contributed by atoms with E-state index in [1.165, 1.54) is 49.0 Å². The zero-order chi connectivity index (χ0) is 14.5. The molecule has 1 aromatic rings. The topological polar surface area (TPSA) is 15.3 Å². The van der Waals surface area contributed by atoms with Crippen molar-refractivity contribution in [2.45, 2.75) is 59.0 Å². The van der Waals surface area contributed by atoms with E-state index in [0.29, 0.717) is 5.92 Å². The van der Waals surface area contributed by atoms with Gasteiger partial charge in [0.15, 0.2) is 0 Å². The van der Waals surface area contributed by atoms with E-state index < -0.39 is 0 Å². The van der Waals surface area contributed by atoms with E-state index in [1.807, 2.05) is 7.05 Å². The van der Waals surface area contributed by atoms with Crippen LogP contribution in [0.1, 0.15) is 50.7 Å². The zero-order valence-corrected chi connectivity index (χ0v) is 13.6. The Balaban J connectivity index is 2.23. The van der Waals surface area contributed by atoms with Crippen LogP contribution in [0.3, 0.4) is 0 Å². The molecule has 0 amide bonds. The van der Waals surface area contributed by atoms with Crippen LogP contribution in [0.4, 0.5) is 5.69 Å². The summed E-state index contributed by atoms with van der Waals surface area (Å²) >= 11 is 0. The largest absolute Gasteiger partial charge is 0.368 e. The lowest BCUT2D eigenvalue weighted by molar-refractivity contribution is 0.535. The molecule has 0 spiro atoms. The summed E-state index contributed by atoms with van der Waals surface area (Å²) in [6.45, 7) is 9.04. The van der Waals surface area contributed by atoms with Crippen LogP contribution in [0.25, 0.3) is 0 Å². The van der Waals surface area contributed by atoms with Crippen LogP contribution in [0.2, 0.25) is 0 Å². The molecule has 2 heteroatoms. The molecule has 1 aliphatic carbocycles. The second-order valence-corrected chi connectivity index (χ2v) is 6.64. The predicted octanol–water partition coefficient (Wildman–Crippen LogP) is 4.12. The Bertz CT molecular complexity index is 419. The van der Waals surface area contributed by atoms with Crippen molar-refractivity contribution in [3.8, 4) is 0 Å². The number of hydrogen-bond acceptors (Lipinski definition) is 2. The lowest BCUT2D eigenvalue weighted by Gasteiger charge is -2.34. The second kappa shape index (κ2) is 7.12. The number of aryl methyl sites for hydroxylation is 1. The number of nitrogens with one attached hydrogen (secondary N) is 1. The number of rotatable bonds is 6. The molecule has 0 aliphatic heterocycles.